The Hall–Kier alpha value is -3.20. The molecule has 1 aliphatic rings. The van der Waals surface area contributed by atoms with Crippen molar-refractivity contribution in [1.29, 1.82) is 0 Å². The largest absolute Gasteiger partial charge is 0.488 e. The molecule has 162 valence electrons. The normalized spacial score (nSPS) is 16.2. The smallest absolute Gasteiger partial charge is 0.257 e. The van der Waals surface area contributed by atoms with E-state index in [1.807, 2.05) is 24.0 Å². The van der Waals surface area contributed by atoms with E-state index in [1.165, 1.54) is 12.1 Å². The van der Waals surface area contributed by atoms with Crippen molar-refractivity contribution < 1.29 is 13.9 Å². The topological polar surface area (TPSA) is 99.3 Å². The molecule has 0 radical (unpaired) electrons. The third-order valence-electron chi connectivity index (χ3n) is 4.84. The highest BCUT2D eigenvalue weighted by Gasteiger charge is 2.25. The molecule has 0 aliphatic carbocycles. The third-order valence-corrected chi connectivity index (χ3v) is 5.05. The van der Waals surface area contributed by atoms with Crippen LogP contribution in [0.25, 0.3) is 11.4 Å². The Morgan fingerprint density at radius 2 is 2.10 bits per heavy atom. The molecule has 1 aliphatic heterocycles. The van der Waals surface area contributed by atoms with Crippen LogP contribution < -0.4 is 20.1 Å². The van der Waals surface area contributed by atoms with Crippen LogP contribution in [0.5, 0.6) is 11.6 Å². The van der Waals surface area contributed by atoms with Gasteiger partial charge in [-0.1, -0.05) is 11.6 Å². The molecular formula is C21H22ClFN6O2. The molecule has 0 amide bonds. The van der Waals surface area contributed by atoms with E-state index in [0.29, 0.717) is 30.6 Å². The molecule has 31 heavy (non-hydrogen) atoms. The summed E-state index contributed by atoms with van der Waals surface area (Å²) in [7, 11) is 0. The lowest BCUT2D eigenvalue weighted by Gasteiger charge is -2.33. The second kappa shape index (κ2) is 9.30. The van der Waals surface area contributed by atoms with E-state index in [9.17, 15) is 4.39 Å². The Morgan fingerprint density at radius 3 is 2.90 bits per heavy atom. The number of aromatic nitrogens is 4. The van der Waals surface area contributed by atoms with Gasteiger partial charge in [-0.05, 0) is 44.0 Å². The number of halogens is 2. The fourth-order valence-corrected chi connectivity index (χ4v) is 3.59. The molecule has 3 aromatic heterocycles. The number of nitrogens with two attached hydrogens (primary N) is 1. The molecule has 4 rings (SSSR count). The van der Waals surface area contributed by atoms with E-state index in [-0.39, 0.29) is 28.5 Å². The van der Waals surface area contributed by atoms with Gasteiger partial charge in [0.15, 0.2) is 17.4 Å². The van der Waals surface area contributed by atoms with Crippen molar-refractivity contribution in [3.8, 4) is 23.0 Å². The van der Waals surface area contributed by atoms with Crippen LogP contribution in [0.15, 0.2) is 36.7 Å². The summed E-state index contributed by atoms with van der Waals surface area (Å²) in [5.41, 5.74) is 6.21. The van der Waals surface area contributed by atoms with Gasteiger partial charge in [0, 0.05) is 12.7 Å². The molecule has 8 nitrogen and oxygen atoms in total. The monoisotopic (exact) mass is 444 g/mol. The number of ether oxygens (including phenoxy) is 2. The molecule has 1 atom stereocenters. The molecule has 10 heteroatoms. The van der Waals surface area contributed by atoms with E-state index in [0.717, 1.165) is 19.4 Å². The maximum absolute atomic E-state index is 14.1. The van der Waals surface area contributed by atoms with Crippen molar-refractivity contribution in [2.75, 3.05) is 30.3 Å². The van der Waals surface area contributed by atoms with E-state index in [2.05, 4.69) is 19.9 Å². The van der Waals surface area contributed by atoms with E-state index < -0.39 is 5.82 Å². The van der Waals surface area contributed by atoms with Gasteiger partial charge in [-0.2, -0.15) is 0 Å². The first-order chi connectivity index (χ1) is 15.0. The number of rotatable bonds is 6. The first kappa shape index (κ1) is 21.0. The summed E-state index contributed by atoms with van der Waals surface area (Å²) in [5.74, 6) is 1.19. The minimum Gasteiger partial charge on any atom is -0.488 e. The van der Waals surface area contributed by atoms with E-state index in [4.69, 9.17) is 26.8 Å². The van der Waals surface area contributed by atoms with Crippen molar-refractivity contribution in [1.82, 2.24) is 19.9 Å². The van der Waals surface area contributed by atoms with Crippen LogP contribution in [0.1, 0.15) is 19.8 Å². The van der Waals surface area contributed by atoms with E-state index in [1.54, 1.807) is 12.4 Å². The zero-order chi connectivity index (χ0) is 21.8. The lowest BCUT2D eigenvalue weighted by molar-refractivity contribution is 0.162. The predicted octanol–water partition coefficient (Wildman–Crippen LogP) is 3.75. The fourth-order valence-electron chi connectivity index (χ4n) is 3.44. The van der Waals surface area contributed by atoms with Gasteiger partial charge in [-0.25, -0.2) is 24.3 Å². The highest BCUT2D eigenvalue weighted by molar-refractivity contribution is 6.29. The summed E-state index contributed by atoms with van der Waals surface area (Å²) in [5, 5.41) is 0.152. The number of nitrogen functional groups attached to an aromatic ring is 1. The number of hydrogen-bond donors (Lipinski definition) is 1. The maximum Gasteiger partial charge on any atom is 0.257 e. The Labute approximate surface area is 184 Å². The highest BCUT2D eigenvalue weighted by Crippen LogP contribution is 2.29. The van der Waals surface area contributed by atoms with Crippen LogP contribution in [0, 0.1) is 5.82 Å². The Morgan fingerprint density at radius 1 is 1.23 bits per heavy atom. The summed E-state index contributed by atoms with van der Waals surface area (Å²) in [6.45, 7) is 3.80. The fraction of sp³-hybridized carbons (Fsp3) is 0.333. The number of pyridine rings is 2. The SMILES string of the molecule is CCOc1cccnc1OC1CCCN(c2cnc(-c3nc(Cl)ccc3F)c(N)n2)C1. The van der Waals surface area contributed by atoms with Crippen LogP contribution in [-0.2, 0) is 0 Å². The molecular weight excluding hydrogens is 423 g/mol. The molecule has 0 aromatic carbocycles. The van der Waals surface area contributed by atoms with Gasteiger partial charge in [0.25, 0.3) is 5.88 Å². The zero-order valence-electron chi connectivity index (χ0n) is 17.0. The van der Waals surface area contributed by atoms with Crippen molar-refractivity contribution in [3.05, 3.63) is 47.6 Å². The molecule has 0 saturated carbocycles. The van der Waals surface area contributed by atoms with Crippen LogP contribution in [0.4, 0.5) is 16.0 Å². The number of nitrogens with zero attached hydrogens (tertiary/aromatic N) is 5. The van der Waals surface area contributed by atoms with Gasteiger partial charge < -0.3 is 20.1 Å². The van der Waals surface area contributed by atoms with Gasteiger partial charge in [0.1, 0.15) is 28.5 Å². The van der Waals surface area contributed by atoms with Gasteiger partial charge in [-0.15, -0.1) is 0 Å². The maximum atomic E-state index is 14.1. The lowest BCUT2D eigenvalue weighted by atomic mass is 10.1. The first-order valence-corrected chi connectivity index (χ1v) is 10.4. The molecule has 4 heterocycles. The predicted molar refractivity (Wildman–Crippen MR) is 116 cm³/mol. The molecule has 0 spiro atoms. The lowest BCUT2D eigenvalue weighted by Crippen LogP contribution is -2.41. The molecule has 1 saturated heterocycles. The number of piperidine rings is 1. The molecule has 1 unspecified atom stereocenters. The average Bonchev–Trinajstić information content (AvgIpc) is 2.77. The first-order valence-electron chi connectivity index (χ1n) is 9.99. The molecule has 3 aromatic rings. The molecule has 0 bridgehead atoms. The Kier molecular flexibility index (Phi) is 6.31. The quantitative estimate of drug-likeness (QED) is 0.574. The zero-order valence-corrected chi connectivity index (χ0v) is 17.7. The molecule has 2 N–H and O–H groups in total. The van der Waals surface area contributed by atoms with E-state index >= 15 is 0 Å². The summed E-state index contributed by atoms with van der Waals surface area (Å²) in [4.78, 5) is 19.1. The van der Waals surface area contributed by atoms with Gasteiger partial charge >= 0.3 is 0 Å². The third kappa shape index (κ3) is 4.77. The Bertz CT molecular complexity index is 1070. The summed E-state index contributed by atoms with van der Waals surface area (Å²) in [6.07, 6.45) is 4.90. The van der Waals surface area contributed by atoms with Crippen molar-refractivity contribution in [2.45, 2.75) is 25.9 Å². The van der Waals surface area contributed by atoms with Crippen LogP contribution >= 0.6 is 11.6 Å². The average molecular weight is 445 g/mol. The van der Waals surface area contributed by atoms with Crippen LogP contribution in [-0.4, -0.2) is 45.7 Å². The van der Waals surface area contributed by atoms with Crippen molar-refractivity contribution >= 4 is 23.2 Å². The second-order valence-electron chi connectivity index (χ2n) is 6.99. The highest BCUT2D eigenvalue weighted by atomic mass is 35.5. The van der Waals surface area contributed by atoms with Crippen molar-refractivity contribution in [3.63, 3.8) is 0 Å². The minimum atomic E-state index is -0.565. The van der Waals surface area contributed by atoms with Gasteiger partial charge in [0.2, 0.25) is 0 Å². The summed E-state index contributed by atoms with van der Waals surface area (Å²) >= 11 is 5.88. The second-order valence-corrected chi connectivity index (χ2v) is 7.38. The summed E-state index contributed by atoms with van der Waals surface area (Å²) < 4.78 is 25.9. The summed E-state index contributed by atoms with van der Waals surface area (Å²) in [6, 6.07) is 6.23. The Balaban J connectivity index is 1.51. The standard InChI is InChI=1S/C21H22ClFN6O2/c1-2-30-15-6-3-9-25-21(15)31-13-5-4-10-29(12-13)17-11-26-19(20(24)28-17)18-14(23)7-8-16(22)27-18/h3,6-9,11,13H,2,4-5,10,12H2,1H3,(H2,24,28). The minimum absolute atomic E-state index is 0.0255. The van der Waals surface area contributed by atoms with Gasteiger partial charge in [0.05, 0.1) is 19.3 Å². The van der Waals surface area contributed by atoms with Crippen LogP contribution in [0.3, 0.4) is 0 Å². The molecule has 1 fully saturated rings. The van der Waals surface area contributed by atoms with Gasteiger partial charge in [-0.3, -0.25) is 0 Å². The van der Waals surface area contributed by atoms with Crippen LogP contribution in [0.2, 0.25) is 5.15 Å². The van der Waals surface area contributed by atoms with Crippen molar-refractivity contribution in [2.24, 2.45) is 0 Å². The number of hydrogen-bond acceptors (Lipinski definition) is 8. The number of anilines is 2.